The molecule has 0 atom stereocenters. The number of pyridine rings is 1. The minimum absolute atomic E-state index is 0.0510. The molecular formula is C21H18F2N6O. The minimum atomic E-state index is -0.846. The number of H-pyrrole nitrogens is 1. The van der Waals surface area contributed by atoms with Crippen molar-refractivity contribution in [3.63, 3.8) is 0 Å². The van der Waals surface area contributed by atoms with Crippen LogP contribution in [0, 0.1) is 17.6 Å². The fourth-order valence-corrected chi connectivity index (χ4v) is 3.61. The molecule has 0 bridgehead atoms. The minimum Gasteiger partial charge on any atom is -0.323 e. The number of aryl methyl sites for hydroxylation is 1. The van der Waals surface area contributed by atoms with Gasteiger partial charge in [-0.25, -0.2) is 8.78 Å². The fraction of sp³-hybridized carbons (Fsp3) is 0.238. The number of rotatable bonds is 4. The third-order valence-corrected chi connectivity index (χ3v) is 5.51. The molecule has 7 nitrogen and oxygen atoms in total. The van der Waals surface area contributed by atoms with Crippen molar-refractivity contribution < 1.29 is 13.6 Å². The molecule has 1 aliphatic carbocycles. The summed E-state index contributed by atoms with van der Waals surface area (Å²) in [5, 5.41) is 14.5. The number of halogens is 2. The van der Waals surface area contributed by atoms with Crippen LogP contribution in [0.1, 0.15) is 19.3 Å². The van der Waals surface area contributed by atoms with E-state index in [-0.39, 0.29) is 28.8 Å². The highest BCUT2D eigenvalue weighted by Gasteiger charge is 2.27. The van der Waals surface area contributed by atoms with Crippen molar-refractivity contribution in [2.75, 3.05) is 5.32 Å². The average molecular weight is 408 g/mol. The van der Waals surface area contributed by atoms with Gasteiger partial charge in [0.25, 0.3) is 0 Å². The van der Waals surface area contributed by atoms with Gasteiger partial charge in [-0.05, 0) is 31.0 Å². The quantitative estimate of drug-likeness (QED) is 0.533. The average Bonchev–Trinajstić information content (AvgIpc) is 3.28. The predicted molar refractivity (Wildman–Crippen MR) is 107 cm³/mol. The van der Waals surface area contributed by atoms with Crippen molar-refractivity contribution in [1.82, 2.24) is 25.0 Å². The van der Waals surface area contributed by atoms with E-state index in [9.17, 15) is 9.18 Å². The van der Waals surface area contributed by atoms with Gasteiger partial charge < -0.3 is 5.32 Å². The largest absolute Gasteiger partial charge is 0.323 e. The van der Waals surface area contributed by atoms with Crippen LogP contribution in [0.4, 0.5) is 14.5 Å². The molecule has 30 heavy (non-hydrogen) atoms. The molecule has 1 fully saturated rings. The van der Waals surface area contributed by atoms with E-state index in [0.717, 1.165) is 30.9 Å². The summed E-state index contributed by atoms with van der Waals surface area (Å²) in [4.78, 5) is 16.4. The molecule has 1 aliphatic rings. The van der Waals surface area contributed by atoms with Gasteiger partial charge in [0.15, 0.2) is 5.82 Å². The Labute approximate surface area is 170 Å². The number of amides is 1. The Kier molecular flexibility index (Phi) is 4.30. The predicted octanol–water partition coefficient (Wildman–Crippen LogP) is 4.04. The molecule has 3 heterocycles. The van der Waals surface area contributed by atoms with Gasteiger partial charge in [-0.15, -0.1) is 0 Å². The Hall–Kier alpha value is -3.62. The molecular weight excluding hydrogens is 390 g/mol. The Morgan fingerprint density at radius 3 is 2.80 bits per heavy atom. The lowest BCUT2D eigenvalue weighted by atomic mass is 9.85. The zero-order valence-corrected chi connectivity index (χ0v) is 16.1. The van der Waals surface area contributed by atoms with E-state index >= 15 is 4.39 Å². The smallest absolute Gasteiger partial charge is 0.227 e. The molecule has 1 amide bonds. The molecule has 2 N–H and O–H groups in total. The third-order valence-electron chi connectivity index (χ3n) is 5.51. The van der Waals surface area contributed by atoms with E-state index in [1.165, 1.54) is 12.3 Å². The standard InChI is InChI=1S/C21H18F2N6O/c1-29-10-12(8-25-29)20-13-7-16(24-9-17(13)27-28-20)18-14(22)5-6-15(19(18)23)26-21(30)11-3-2-4-11/h5-11H,2-4H2,1H3,(H,26,30)(H,27,28). The number of carbonyl (C=O) groups excluding carboxylic acids is 1. The van der Waals surface area contributed by atoms with E-state index in [1.807, 2.05) is 0 Å². The molecule has 152 valence electrons. The second kappa shape index (κ2) is 7.01. The maximum atomic E-state index is 15.2. The molecule has 0 aliphatic heterocycles. The summed E-state index contributed by atoms with van der Waals surface area (Å²) in [5.74, 6) is -1.96. The summed E-state index contributed by atoms with van der Waals surface area (Å²) in [7, 11) is 1.79. The molecule has 1 saturated carbocycles. The van der Waals surface area contributed by atoms with Crippen LogP contribution in [0.15, 0.2) is 36.8 Å². The summed E-state index contributed by atoms with van der Waals surface area (Å²) in [6.45, 7) is 0. The third kappa shape index (κ3) is 3.02. The number of nitrogens with zero attached hydrogens (tertiary/aromatic N) is 4. The first-order chi connectivity index (χ1) is 14.5. The van der Waals surface area contributed by atoms with Gasteiger partial charge in [-0.2, -0.15) is 10.2 Å². The van der Waals surface area contributed by atoms with E-state index in [4.69, 9.17) is 0 Å². The maximum Gasteiger partial charge on any atom is 0.227 e. The van der Waals surface area contributed by atoms with Gasteiger partial charge >= 0.3 is 0 Å². The molecule has 0 spiro atoms. The molecule has 3 aromatic heterocycles. The topological polar surface area (TPSA) is 88.5 Å². The highest BCUT2D eigenvalue weighted by Crippen LogP contribution is 2.34. The van der Waals surface area contributed by atoms with Crippen molar-refractivity contribution in [2.45, 2.75) is 19.3 Å². The highest BCUT2D eigenvalue weighted by atomic mass is 19.1. The zero-order chi connectivity index (χ0) is 20.8. The van der Waals surface area contributed by atoms with Crippen LogP contribution in [0.2, 0.25) is 0 Å². The summed E-state index contributed by atoms with van der Waals surface area (Å²) in [6.07, 6.45) is 7.51. The van der Waals surface area contributed by atoms with Crippen LogP contribution in [0.3, 0.4) is 0 Å². The summed E-state index contributed by atoms with van der Waals surface area (Å²) < 4.78 is 31.4. The second-order valence-electron chi connectivity index (χ2n) is 7.49. The van der Waals surface area contributed by atoms with Crippen LogP contribution in [0.5, 0.6) is 0 Å². The van der Waals surface area contributed by atoms with Crippen LogP contribution < -0.4 is 5.32 Å². The second-order valence-corrected chi connectivity index (χ2v) is 7.49. The number of hydrogen-bond donors (Lipinski definition) is 2. The summed E-state index contributed by atoms with van der Waals surface area (Å²) in [5.41, 5.74) is 1.78. The van der Waals surface area contributed by atoms with Gasteiger partial charge in [0.05, 0.1) is 34.9 Å². The maximum absolute atomic E-state index is 15.2. The van der Waals surface area contributed by atoms with Crippen LogP contribution in [0.25, 0.3) is 33.4 Å². The van der Waals surface area contributed by atoms with Crippen molar-refractivity contribution in [1.29, 1.82) is 0 Å². The highest BCUT2D eigenvalue weighted by molar-refractivity contribution is 5.96. The van der Waals surface area contributed by atoms with Crippen molar-refractivity contribution in [3.8, 4) is 22.5 Å². The number of benzene rings is 1. The monoisotopic (exact) mass is 408 g/mol. The fourth-order valence-electron chi connectivity index (χ4n) is 3.61. The van der Waals surface area contributed by atoms with E-state index in [0.29, 0.717) is 16.6 Å². The van der Waals surface area contributed by atoms with Gasteiger partial charge in [-0.1, -0.05) is 6.42 Å². The van der Waals surface area contributed by atoms with E-state index in [1.54, 1.807) is 30.2 Å². The summed E-state index contributed by atoms with van der Waals surface area (Å²) in [6, 6.07) is 3.96. The Bertz CT molecular complexity index is 1270. The van der Waals surface area contributed by atoms with Crippen molar-refractivity contribution >= 4 is 22.5 Å². The van der Waals surface area contributed by atoms with Crippen LogP contribution in [-0.2, 0) is 11.8 Å². The number of fused-ring (bicyclic) bond motifs is 1. The van der Waals surface area contributed by atoms with Crippen LogP contribution >= 0.6 is 0 Å². The van der Waals surface area contributed by atoms with Crippen molar-refractivity contribution in [3.05, 3.63) is 48.4 Å². The first-order valence-corrected chi connectivity index (χ1v) is 9.63. The van der Waals surface area contributed by atoms with Gasteiger partial charge in [0.1, 0.15) is 11.5 Å². The van der Waals surface area contributed by atoms with Gasteiger partial charge in [0.2, 0.25) is 5.91 Å². The summed E-state index contributed by atoms with van der Waals surface area (Å²) >= 11 is 0. The lowest BCUT2D eigenvalue weighted by molar-refractivity contribution is -0.122. The number of aromatic amines is 1. The Morgan fingerprint density at radius 1 is 1.27 bits per heavy atom. The van der Waals surface area contributed by atoms with Crippen molar-refractivity contribution in [2.24, 2.45) is 13.0 Å². The molecule has 0 saturated heterocycles. The van der Waals surface area contributed by atoms with E-state index < -0.39 is 11.6 Å². The number of nitrogens with one attached hydrogen (secondary N) is 2. The Balaban J connectivity index is 1.57. The molecule has 5 rings (SSSR count). The first kappa shape index (κ1) is 18.4. The lowest BCUT2D eigenvalue weighted by Crippen LogP contribution is -2.28. The number of hydrogen-bond acceptors (Lipinski definition) is 4. The normalized spacial score (nSPS) is 14.1. The van der Waals surface area contributed by atoms with Gasteiger partial charge in [-0.3, -0.25) is 19.6 Å². The number of aromatic nitrogens is 5. The molecule has 4 aromatic rings. The SMILES string of the molecule is Cn1cc(-c2n[nH]c3cnc(-c4c(F)ccc(NC(=O)C5CCC5)c4F)cc23)cn1. The zero-order valence-electron chi connectivity index (χ0n) is 16.1. The first-order valence-electron chi connectivity index (χ1n) is 9.63. The molecule has 0 radical (unpaired) electrons. The number of carbonyl (C=O) groups is 1. The van der Waals surface area contributed by atoms with Crippen LogP contribution in [-0.4, -0.2) is 30.9 Å². The van der Waals surface area contributed by atoms with E-state index in [2.05, 4.69) is 25.6 Å². The lowest BCUT2D eigenvalue weighted by Gasteiger charge is -2.24. The number of anilines is 1. The molecule has 9 heteroatoms. The van der Waals surface area contributed by atoms with Gasteiger partial charge in [0, 0.05) is 30.1 Å². The Morgan fingerprint density at radius 2 is 2.10 bits per heavy atom. The molecule has 0 unspecified atom stereocenters. The molecule has 1 aromatic carbocycles.